The van der Waals surface area contributed by atoms with Crippen LogP contribution >= 0.6 is 0 Å². The second kappa shape index (κ2) is 6.02. The lowest BCUT2D eigenvalue weighted by atomic mass is 9.88. The van der Waals surface area contributed by atoms with Gasteiger partial charge in [0.25, 0.3) is 0 Å². The number of hydrogen-bond acceptors (Lipinski definition) is 3. The van der Waals surface area contributed by atoms with Gasteiger partial charge in [-0.1, -0.05) is 0 Å². The molecular formula is C16H28N2O2. The minimum absolute atomic E-state index is 0.229. The molecule has 4 heteroatoms. The normalized spacial score (nSPS) is 36.1. The van der Waals surface area contributed by atoms with Crippen molar-refractivity contribution in [3.8, 4) is 0 Å². The number of hydrogen-bond donors (Lipinski definition) is 2. The molecule has 0 aromatic carbocycles. The van der Waals surface area contributed by atoms with Crippen LogP contribution in [0.5, 0.6) is 0 Å². The summed E-state index contributed by atoms with van der Waals surface area (Å²) >= 11 is 0. The summed E-state index contributed by atoms with van der Waals surface area (Å²) < 4.78 is 0. The van der Waals surface area contributed by atoms with Gasteiger partial charge in [0.2, 0.25) is 5.91 Å². The van der Waals surface area contributed by atoms with Crippen molar-refractivity contribution in [2.45, 2.75) is 70.1 Å². The molecule has 3 saturated heterocycles. The zero-order valence-electron chi connectivity index (χ0n) is 12.6. The van der Waals surface area contributed by atoms with Gasteiger partial charge in [0, 0.05) is 31.6 Å². The van der Waals surface area contributed by atoms with E-state index in [1.165, 1.54) is 25.7 Å². The highest BCUT2D eigenvalue weighted by molar-refractivity contribution is 5.76. The van der Waals surface area contributed by atoms with Crippen molar-refractivity contribution in [1.29, 1.82) is 0 Å². The number of carbonyl (C=O) groups is 1. The fourth-order valence-corrected chi connectivity index (χ4v) is 4.35. The molecule has 2 bridgehead atoms. The Balaban J connectivity index is 1.45. The lowest BCUT2D eigenvalue weighted by Crippen LogP contribution is -2.43. The Bertz CT molecular complexity index is 338. The van der Waals surface area contributed by atoms with E-state index >= 15 is 0 Å². The molecule has 0 aliphatic carbocycles. The Morgan fingerprint density at radius 2 is 1.80 bits per heavy atom. The van der Waals surface area contributed by atoms with E-state index in [4.69, 9.17) is 0 Å². The van der Waals surface area contributed by atoms with Crippen LogP contribution in [0.3, 0.4) is 0 Å². The molecule has 4 nitrogen and oxygen atoms in total. The maximum Gasteiger partial charge on any atom is 0.222 e. The minimum atomic E-state index is -0.229. The van der Waals surface area contributed by atoms with Crippen LogP contribution in [0.15, 0.2) is 0 Å². The van der Waals surface area contributed by atoms with Gasteiger partial charge in [-0.25, -0.2) is 0 Å². The molecule has 0 aromatic rings. The van der Waals surface area contributed by atoms with Crippen molar-refractivity contribution in [2.75, 3.05) is 13.1 Å². The molecule has 2 N–H and O–H groups in total. The molecular weight excluding hydrogens is 252 g/mol. The first kappa shape index (κ1) is 14.3. The van der Waals surface area contributed by atoms with E-state index in [2.05, 4.69) is 5.32 Å². The molecule has 3 rings (SSSR count). The molecule has 3 fully saturated rings. The van der Waals surface area contributed by atoms with Crippen LogP contribution in [-0.4, -0.2) is 47.2 Å². The van der Waals surface area contributed by atoms with Crippen molar-refractivity contribution in [2.24, 2.45) is 11.8 Å². The second-order valence-corrected chi connectivity index (χ2v) is 7.14. The summed E-state index contributed by atoms with van der Waals surface area (Å²) in [6, 6.07) is 1.35. The summed E-state index contributed by atoms with van der Waals surface area (Å²) in [6.07, 6.45) is 7.41. The first-order valence-electron chi connectivity index (χ1n) is 8.33. The van der Waals surface area contributed by atoms with Crippen LogP contribution in [0, 0.1) is 11.8 Å². The van der Waals surface area contributed by atoms with Gasteiger partial charge < -0.3 is 15.3 Å². The summed E-state index contributed by atoms with van der Waals surface area (Å²) in [5.41, 5.74) is 0. The SMILES string of the molecule is CC(O)C1CCN(C(=O)CC2CC3CCC(C2)N3)CC1. The average molecular weight is 280 g/mol. The quantitative estimate of drug-likeness (QED) is 0.824. The number of amides is 1. The van der Waals surface area contributed by atoms with Gasteiger partial charge in [0.1, 0.15) is 0 Å². The molecule has 20 heavy (non-hydrogen) atoms. The largest absolute Gasteiger partial charge is 0.393 e. The van der Waals surface area contributed by atoms with Crippen LogP contribution in [0.2, 0.25) is 0 Å². The number of aliphatic hydroxyl groups excluding tert-OH is 1. The van der Waals surface area contributed by atoms with Crippen LogP contribution in [0.25, 0.3) is 0 Å². The number of likely N-dealkylation sites (tertiary alicyclic amines) is 1. The first-order chi connectivity index (χ1) is 9.61. The molecule has 1 amide bonds. The minimum Gasteiger partial charge on any atom is -0.393 e. The number of nitrogens with zero attached hydrogens (tertiary/aromatic N) is 1. The molecule has 0 aromatic heterocycles. The van der Waals surface area contributed by atoms with Gasteiger partial charge in [-0.2, -0.15) is 0 Å². The Kier molecular flexibility index (Phi) is 4.32. The number of nitrogens with one attached hydrogen (secondary N) is 1. The number of piperidine rings is 2. The molecule has 3 heterocycles. The molecule has 0 saturated carbocycles. The second-order valence-electron chi connectivity index (χ2n) is 7.14. The van der Waals surface area contributed by atoms with Gasteiger partial charge >= 0.3 is 0 Å². The monoisotopic (exact) mass is 280 g/mol. The Morgan fingerprint density at radius 1 is 1.20 bits per heavy atom. The van der Waals surface area contributed by atoms with Crippen molar-refractivity contribution in [3.05, 3.63) is 0 Å². The third-order valence-electron chi connectivity index (χ3n) is 5.61. The fourth-order valence-electron chi connectivity index (χ4n) is 4.35. The predicted octanol–water partition coefficient (Wildman–Crippen LogP) is 1.53. The van der Waals surface area contributed by atoms with Crippen molar-refractivity contribution in [1.82, 2.24) is 10.2 Å². The number of aliphatic hydroxyl groups is 1. The summed E-state index contributed by atoms with van der Waals surface area (Å²) in [5, 5.41) is 13.3. The van der Waals surface area contributed by atoms with Crippen molar-refractivity contribution in [3.63, 3.8) is 0 Å². The predicted molar refractivity (Wildman–Crippen MR) is 78.3 cm³/mol. The standard InChI is InChI=1S/C16H28N2O2/c1-11(19)13-4-6-18(7-5-13)16(20)10-12-8-14-2-3-15(9-12)17-14/h11-15,17,19H,2-10H2,1H3. The lowest BCUT2D eigenvalue weighted by molar-refractivity contribution is -0.134. The van der Waals surface area contributed by atoms with Crippen LogP contribution in [-0.2, 0) is 4.79 Å². The topological polar surface area (TPSA) is 52.6 Å². The molecule has 0 spiro atoms. The average Bonchev–Trinajstić information content (AvgIpc) is 2.78. The number of rotatable bonds is 3. The highest BCUT2D eigenvalue weighted by Gasteiger charge is 2.35. The van der Waals surface area contributed by atoms with Crippen molar-refractivity contribution >= 4 is 5.91 Å². The zero-order chi connectivity index (χ0) is 14.1. The van der Waals surface area contributed by atoms with Crippen LogP contribution < -0.4 is 5.32 Å². The Labute approximate surface area is 121 Å². The first-order valence-corrected chi connectivity index (χ1v) is 8.33. The summed E-state index contributed by atoms with van der Waals surface area (Å²) in [6.45, 7) is 3.55. The molecule has 3 aliphatic rings. The number of carbonyl (C=O) groups excluding carboxylic acids is 1. The molecule has 3 unspecified atom stereocenters. The van der Waals surface area contributed by atoms with E-state index in [0.29, 0.717) is 29.8 Å². The smallest absolute Gasteiger partial charge is 0.222 e. The van der Waals surface area contributed by atoms with Gasteiger partial charge in [-0.05, 0) is 57.3 Å². The summed E-state index contributed by atoms with van der Waals surface area (Å²) in [4.78, 5) is 14.5. The van der Waals surface area contributed by atoms with Gasteiger partial charge in [-0.3, -0.25) is 4.79 Å². The molecule has 114 valence electrons. The Hall–Kier alpha value is -0.610. The molecule has 3 aliphatic heterocycles. The van der Waals surface area contributed by atoms with Crippen LogP contribution in [0.4, 0.5) is 0 Å². The van der Waals surface area contributed by atoms with E-state index in [1.807, 2.05) is 11.8 Å². The summed E-state index contributed by atoms with van der Waals surface area (Å²) in [5.74, 6) is 1.32. The van der Waals surface area contributed by atoms with Gasteiger partial charge in [0.15, 0.2) is 0 Å². The van der Waals surface area contributed by atoms with Crippen molar-refractivity contribution < 1.29 is 9.90 Å². The summed E-state index contributed by atoms with van der Waals surface area (Å²) in [7, 11) is 0. The third kappa shape index (κ3) is 3.17. The maximum absolute atomic E-state index is 12.4. The van der Waals surface area contributed by atoms with Gasteiger partial charge in [-0.15, -0.1) is 0 Å². The fraction of sp³-hybridized carbons (Fsp3) is 0.938. The molecule has 3 atom stereocenters. The van der Waals surface area contributed by atoms with E-state index in [9.17, 15) is 9.90 Å². The number of fused-ring (bicyclic) bond motifs is 2. The zero-order valence-corrected chi connectivity index (χ0v) is 12.6. The van der Waals surface area contributed by atoms with Gasteiger partial charge in [0.05, 0.1) is 6.10 Å². The van der Waals surface area contributed by atoms with E-state index in [1.54, 1.807) is 0 Å². The van der Waals surface area contributed by atoms with E-state index < -0.39 is 0 Å². The Morgan fingerprint density at radius 3 is 2.35 bits per heavy atom. The van der Waals surface area contributed by atoms with Crippen LogP contribution in [0.1, 0.15) is 51.9 Å². The van der Waals surface area contributed by atoms with E-state index in [0.717, 1.165) is 32.4 Å². The lowest BCUT2D eigenvalue weighted by Gasteiger charge is -2.35. The highest BCUT2D eigenvalue weighted by atomic mass is 16.3. The maximum atomic E-state index is 12.4. The third-order valence-corrected chi connectivity index (χ3v) is 5.61. The molecule has 0 radical (unpaired) electrons. The highest BCUT2D eigenvalue weighted by Crippen LogP contribution is 2.33. The van der Waals surface area contributed by atoms with E-state index in [-0.39, 0.29) is 6.10 Å².